The molecule has 3 aromatic rings. The Morgan fingerprint density at radius 3 is 2.59 bits per heavy atom. The Bertz CT molecular complexity index is 1460. The number of benzene rings is 1. The van der Waals surface area contributed by atoms with E-state index in [0.29, 0.717) is 28.9 Å². The normalized spacial score (nSPS) is 33.9. The molecule has 7 rings (SSSR count). The monoisotopic (exact) mass is 496 g/mol. The summed E-state index contributed by atoms with van der Waals surface area (Å²) < 4.78 is 1.54. The Morgan fingerprint density at radius 1 is 1.00 bits per heavy atom. The third kappa shape index (κ3) is 3.67. The molecule has 2 aromatic heterocycles. The third-order valence-electron chi connectivity index (χ3n) is 10.1. The number of aromatic nitrogens is 3. The first-order valence-corrected chi connectivity index (χ1v) is 13.9. The molecule has 0 spiro atoms. The zero-order valence-electron chi connectivity index (χ0n) is 22.0. The van der Waals surface area contributed by atoms with Gasteiger partial charge in [0.05, 0.1) is 11.4 Å². The highest BCUT2D eigenvalue weighted by atomic mass is 16.3. The molecule has 6 nitrogen and oxygen atoms in total. The minimum atomic E-state index is -0.0754. The summed E-state index contributed by atoms with van der Waals surface area (Å²) in [6.45, 7) is 4.95. The first-order chi connectivity index (χ1) is 17.7. The van der Waals surface area contributed by atoms with Crippen LogP contribution in [-0.4, -0.2) is 31.5 Å². The lowest BCUT2D eigenvalue weighted by atomic mass is 9.53. The first kappa shape index (κ1) is 23.2. The second kappa shape index (κ2) is 8.00. The molecule has 4 heterocycles. The van der Waals surface area contributed by atoms with Gasteiger partial charge in [0, 0.05) is 42.4 Å². The summed E-state index contributed by atoms with van der Waals surface area (Å²) in [5.41, 5.74) is 6.08. The van der Waals surface area contributed by atoms with Crippen molar-refractivity contribution in [3.05, 3.63) is 64.2 Å². The summed E-state index contributed by atoms with van der Waals surface area (Å²) in [4.78, 5) is 12.1. The number of hydrogen-bond acceptors (Lipinski definition) is 5. The summed E-state index contributed by atoms with van der Waals surface area (Å²) in [6, 6.07) is 11.9. The summed E-state index contributed by atoms with van der Waals surface area (Å²) in [5.74, 6) is 2.14. The molecule has 0 radical (unpaired) electrons. The Balaban J connectivity index is 1.19. The molecule has 4 aliphatic rings. The van der Waals surface area contributed by atoms with E-state index in [2.05, 4.69) is 30.3 Å². The van der Waals surface area contributed by atoms with Gasteiger partial charge in [-0.2, -0.15) is 10.2 Å². The molecular formula is C31H36N4O2. The maximum Gasteiger partial charge on any atom is 0.250 e. The molecular weight excluding hydrogens is 460 g/mol. The topological polar surface area (TPSA) is 80.0 Å². The SMILES string of the molecule is Cn1ccc(-c2ccc(-c3cc4c(nn3)[C@@H]([C@@H]3C[C@@]5(C)CC6C[C@@](C)(C3)C6N5)CCC4)c(O)c2)cc1=O. The van der Waals surface area contributed by atoms with E-state index < -0.39 is 0 Å². The van der Waals surface area contributed by atoms with Crippen LogP contribution < -0.4 is 10.9 Å². The molecule has 2 N–H and O–H groups in total. The highest BCUT2D eigenvalue weighted by Crippen LogP contribution is 2.62. The van der Waals surface area contributed by atoms with Gasteiger partial charge in [-0.05, 0) is 110 Å². The molecule has 2 saturated heterocycles. The molecule has 2 aliphatic carbocycles. The van der Waals surface area contributed by atoms with Crippen LogP contribution in [0.2, 0.25) is 0 Å². The molecule has 6 heteroatoms. The van der Waals surface area contributed by atoms with E-state index in [9.17, 15) is 9.90 Å². The number of fused-ring (bicyclic) bond motifs is 2. The van der Waals surface area contributed by atoms with Gasteiger partial charge >= 0.3 is 0 Å². The van der Waals surface area contributed by atoms with Gasteiger partial charge < -0.3 is 15.0 Å². The Morgan fingerprint density at radius 2 is 1.78 bits per heavy atom. The van der Waals surface area contributed by atoms with Crippen LogP contribution in [0.25, 0.3) is 22.4 Å². The third-order valence-corrected chi connectivity index (χ3v) is 10.1. The van der Waals surface area contributed by atoms with Crippen LogP contribution in [0.15, 0.2) is 47.4 Å². The van der Waals surface area contributed by atoms with Crippen LogP contribution in [0.1, 0.15) is 69.5 Å². The van der Waals surface area contributed by atoms with Crippen LogP contribution in [0.4, 0.5) is 0 Å². The van der Waals surface area contributed by atoms with Gasteiger partial charge in [0.1, 0.15) is 5.75 Å². The van der Waals surface area contributed by atoms with Crippen molar-refractivity contribution in [2.75, 3.05) is 0 Å². The summed E-state index contributed by atoms with van der Waals surface area (Å²) >= 11 is 0. The van der Waals surface area contributed by atoms with Crippen molar-refractivity contribution in [1.29, 1.82) is 0 Å². The van der Waals surface area contributed by atoms with Crippen molar-refractivity contribution in [2.45, 2.75) is 76.3 Å². The number of nitrogens with zero attached hydrogens (tertiary/aromatic N) is 3. The fraction of sp³-hybridized carbons (Fsp3) is 0.516. The number of hydrogen-bond donors (Lipinski definition) is 2. The average Bonchev–Trinajstić information content (AvgIpc) is 3.11. The number of phenolic OH excluding ortho intramolecular Hbond substituents is 1. The molecule has 192 valence electrons. The number of rotatable bonds is 3. The van der Waals surface area contributed by atoms with Crippen molar-refractivity contribution >= 4 is 0 Å². The standard InChI is InChI=1S/C31H36N4O2/c1-30-14-21(16-31(2)17-22(15-30)29(30)32-31)23-6-4-5-20-11-25(33-34-28(20)23)24-8-7-18(12-26(24)36)19-9-10-35(3)27(37)13-19/h7-13,21-23,29,32,36H,4-6,14-17H2,1-3H3/t21-,22?,23+,29?,30+,31-/m0/s1. The van der Waals surface area contributed by atoms with E-state index in [1.54, 1.807) is 25.4 Å². The molecule has 2 unspecified atom stereocenters. The van der Waals surface area contributed by atoms with Gasteiger partial charge in [0.25, 0.3) is 5.56 Å². The lowest BCUT2D eigenvalue weighted by Crippen LogP contribution is -2.54. The molecule has 1 saturated carbocycles. The zero-order valence-corrected chi connectivity index (χ0v) is 22.0. The fourth-order valence-electron chi connectivity index (χ4n) is 8.48. The second-order valence-corrected chi connectivity index (χ2v) is 12.9. The smallest absolute Gasteiger partial charge is 0.250 e. The van der Waals surface area contributed by atoms with Crippen LogP contribution in [0.5, 0.6) is 5.75 Å². The summed E-state index contributed by atoms with van der Waals surface area (Å²) in [7, 11) is 1.73. The molecule has 37 heavy (non-hydrogen) atoms. The van der Waals surface area contributed by atoms with E-state index in [1.807, 2.05) is 18.2 Å². The minimum Gasteiger partial charge on any atom is -0.507 e. The van der Waals surface area contributed by atoms with E-state index in [-0.39, 0.29) is 16.8 Å². The Kier molecular flexibility index (Phi) is 5.01. The van der Waals surface area contributed by atoms with Crippen molar-refractivity contribution in [1.82, 2.24) is 20.1 Å². The van der Waals surface area contributed by atoms with E-state index >= 15 is 0 Å². The van der Waals surface area contributed by atoms with E-state index in [0.717, 1.165) is 29.2 Å². The lowest BCUT2D eigenvalue weighted by Gasteiger charge is -2.52. The summed E-state index contributed by atoms with van der Waals surface area (Å²) in [6.07, 6.45) is 10.3. The van der Waals surface area contributed by atoms with Crippen molar-refractivity contribution in [3.8, 4) is 28.1 Å². The Labute approximate surface area is 218 Å². The predicted molar refractivity (Wildman–Crippen MR) is 144 cm³/mol. The van der Waals surface area contributed by atoms with Gasteiger partial charge in [0.15, 0.2) is 0 Å². The van der Waals surface area contributed by atoms with Crippen LogP contribution in [0, 0.1) is 17.3 Å². The number of nitrogens with one attached hydrogen (secondary N) is 1. The van der Waals surface area contributed by atoms with Gasteiger partial charge in [-0.3, -0.25) is 4.79 Å². The van der Waals surface area contributed by atoms with E-state index in [4.69, 9.17) is 5.10 Å². The molecule has 1 aromatic carbocycles. The Hall–Kier alpha value is -2.99. The van der Waals surface area contributed by atoms with E-state index in [1.165, 1.54) is 54.3 Å². The maximum atomic E-state index is 12.1. The quantitative estimate of drug-likeness (QED) is 0.522. The lowest BCUT2D eigenvalue weighted by molar-refractivity contribution is 0.0133. The van der Waals surface area contributed by atoms with Gasteiger partial charge in [-0.1, -0.05) is 13.0 Å². The minimum absolute atomic E-state index is 0.0754. The zero-order chi connectivity index (χ0) is 25.5. The molecule has 2 aliphatic heterocycles. The maximum absolute atomic E-state index is 12.1. The van der Waals surface area contributed by atoms with Crippen molar-refractivity contribution in [2.24, 2.45) is 24.3 Å². The number of phenols is 1. The van der Waals surface area contributed by atoms with Crippen molar-refractivity contribution < 1.29 is 5.11 Å². The largest absolute Gasteiger partial charge is 0.507 e. The summed E-state index contributed by atoms with van der Waals surface area (Å²) in [5, 5.41) is 24.5. The molecule has 6 atom stereocenters. The van der Waals surface area contributed by atoms with Crippen LogP contribution in [-0.2, 0) is 13.5 Å². The average molecular weight is 497 g/mol. The highest BCUT2D eigenvalue weighted by molar-refractivity contribution is 5.74. The highest BCUT2D eigenvalue weighted by Gasteiger charge is 2.61. The van der Waals surface area contributed by atoms with Gasteiger partial charge in [0.2, 0.25) is 0 Å². The second-order valence-electron chi connectivity index (χ2n) is 12.9. The van der Waals surface area contributed by atoms with Crippen LogP contribution >= 0.6 is 0 Å². The van der Waals surface area contributed by atoms with Crippen molar-refractivity contribution in [3.63, 3.8) is 0 Å². The number of aryl methyl sites for hydroxylation is 2. The fourth-order valence-corrected chi connectivity index (χ4v) is 8.48. The van der Waals surface area contributed by atoms with Gasteiger partial charge in [-0.25, -0.2) is 0 Å². The first-order valence-electron chi connectivity index (χ1n) is 13.9. The number of pyridine rings is 1. The molecule has 3 fully saturated rings. The predicted octanol–water partition coefficient (Wildman–Crippen LogP) is 5.19. The molecule has 0 amide bonds. The van der Waals surface area contributed by atoms with Gasteiger partial charge in [-0.15, -0.1) is 0 Å². The van der Waals surface area contributed by atoms with Crippen LogP contribution in [0.3, 0.4) is 0 Å². The molecule has 2 bridgehead atoms. The number of aromatic hydroxyl groups is 1.